The Morgan fingerprint density at radius 3 is 1.64 bits per heavy atom. The molecule has 1 aliphatic heterocycles. The third-order valence-corrected chi connectivity index (χ3v) is 7.40. The molecule has 0 atom stereocenters. The van der Waals surface area contributed by atoms with Crippen molar-refractivity contribution in [3.63, 3.8) is 0 Å². The summed E-state index contributed by atoms with van der Waals surface area (Å²) in [5.74, 6) is 1.82. The molecule has 0 aliphatic carbocycles. The Bertz CT molecular complexity index is 1230. The van der Waals surface area contributed by atoms with Crippen LogP contribution in [0, 0.1) is 6.92 Å². The molecule has 1 fully saturated rings. The number of ether oxygens (including phenoxy) is 2. The summed E-state index contributed by atoms with van der Waals surface area (Å²) < 4.78 is 65.7. The van der Waals surface area contributed by atoms with Gasteiger partial charge < -0.3 is 23.7 Å². The third kappa shape index (κ3) is 6.17. The molecule has 0 radical (unpaired) electrons. The lowest BCUT2D eigenvalue weighted by Crippen LogP contribution is -2.41. The normalized spacial score (nSPS) is 16.3. The largest absolute Gasteiger partial charge is 0.497 e. The average Bonchev–Trinajstić information content (AvgIpc) is 3.09. The van der Waals surface area contributed by atoms with E-state index in [2.05, 4.69) is 4.98 Å². The van der Waals surface area contributed by atoms with E-state index < -0.39 is 30.1 Å². The van der Waals surface area contributed by atoms with E-state index >= 15 is 0 Å². The number of nitrogens with zero attached hydrogens (tertiary/aromatic N) is 2. The summed E-state index contributed by atoms with van der Waals surface area (Å²) in [5, 5.41) is 0. The van der Waals surface area contributed by atoms with E-state index in [4.69, 9.17) is 18.8 Å². The zero-order valence-corrected chi connectivity index (χ0v) is 23.3. The van der Waals surface area contributed by atoms with Gasteiger partial charge in [0.2, 0.25) is 0 Å². The second-order valence-electron chi connectivity index (χ2n) is 10.7. The van der Waals surface area contributed by atoms with Gasteiger partial charge in [0.25, 0.3) is 0 Å². The molecule has 208 valence electrons. The molecule has 3 aromatic rings. The lowest BCUT2D eigenvalue weighted by Gasteiger charge is -2.32. The first-order chi connectivity index (χ1) is 18.2. The van der Waals surface area contributed by atoms with E-state index in [9.17, 15) is 13.2 Å². The molecule has 1 aliphatic rings. The van der Waals surface area contributed by atoms with Crippen LogP contribution in [0.3, 0.4) is 0 Å². The van der Waals surface area contributed by atoms with Crippen molar-refractivity contribution in [3.05, 3.63) is 77.0 Å². The third-order valence-electron chi connectivity index (χ3n) is 7.40. The van der Waals surface area contributed by atoms with Gasteiger partial charge in [-0.25, -0.2) is 4.98 Å². The SMILES string of the molecule is COc1ccc(CN(Cc2ccc(OC)cc2)c2cc(B3OC(C)(C)C(C)(C)O3)c(C(F)(F)F)c(C)n2)cc1. The molecule has 6 nitrogen and oxygen atoms in total. The lowest BCUT2D eigenvalue weighted by molar-refractivity contribution is -0.137. The molecule has 2 aromatic carbocycles. The summed E-state index contributed by atoms with van der Waals surface area (Å²) in [5.41, 5.74) is -0.773. The molecule has 0 saturated carbocycles. The monoisotopic (exact) mass is 542 g/mol. The summed E-state index contributed by atoms with van der Waals surface area (Å²) in [6.45, 7) is 9.43. The van der Waals surface area contributed by atoms with Crippen molar-refractivity contribution in [1.82, 2.24) is 4.98 Å². The maximum atomic E-state index is 14.3. The summed E-state index contributed by atoms with van der Waals surface area (Å²) in [7, 11) is 1.99. The van der Waals surface area contributed by atoms with Crippen LogP contribution >= 0.6 is 0 Å². The first kappa shape index (κ1) is 28.8. The number of anilines is 1. The van der Waals surface area contributed by atoms with Gasteiger partial charge in [-0.2, -0.15) is 13.2 Å². The molecular weight excluding hydrogens is 508 g/mol. The Kier molecular flexibility index (Phi) is 7.92. The van der Waals surface area contributed by atoms with Crippen molar-refractivity contribution in [2.45, 2.75) is 65.1 Å². The minimum atomic E-state index is -4.63. The van der Waals surface area contributed by atoms with E-state index in [1.165, 1.54) is 13.0 Å². The molecular formula is C29H34BF3N2O4. The van der Waals surface area contributed by atoms with Gasteiger partial charge in [0.1, 0.15) is 17.3 Å². The highest BCUT2D eigenvalue weighted by Gasteiger charge is 2.54. The molecule has 0 amide bonds. The maximum absolute atomic E-state index is 14.3. The highest BCUT2D eigenvalue weighted by Crippen LogP contribution is 2.39. The number of alkyl halides is 3. The van der Waals surface area contributed by atoms with Crippen LogP contribution in [0.2, 0.25) is 0 Å². The van der Waals surface area contributed by atoms with Gasteiger partial charge in [-0.15, -0.1) is 0 Å². The molecule has 4 rings (SSSR count). The number of hydrogen-bond acceptors (Lipinski definition) is 6. The molecule has 1 aromatic heterocycles. The van der Waals surface area contributed by atoms with Crippen LogP contribution in [0.4, 0.5) is 19.0 Å². The van der Waals surface area contributed by atoms with Gasteiger partial charge in [0.15, 0.2) is 0 Å². The van der Waals surface area contributed by atoms with Crippen LogP contribution < -0.4 is 19.8 Å². The number of aryl methyl sites for hydroxylation is 1. The van der Waals surface area contributed by atoms with Crippen LogP contribution in [0.25, 0.3) is 0 Å². The van der Waals surface area contributed by atoms with E-state index in [0.29, 0.717) is 30.4 Å². The fourth-order valence-corrected chi connectivity index (χ4v) is 4.49. The standard InChI is InChI=1S/C29H34BF3N2O4/c1-19-26(29(31,32)33)24(30-38-27(2,3)28(4,5)39-30)16-25(34-19)35(17-20-8-12-22(36-6)13-9-20)18-21-10-14-23(37-7)15-11-21/h8-16H,17-18H2,1-7H3. The van der Waals surface area contributed by atoms with Crippen LogP contribution in [0.1, 0.15) is 50.1 Å². The van der Waals surface area contributed by atoms with Gasteiger partial charge in [0, 0.05) is 18.6 Å². The Morgan fingerprint density at radius 2 is 1.26 bits per heavy atom. The van der Waals surface area contributed by atoms with Crippen LogP contribution in [-0.4, -0.2) is 37.5 Å². The molecule has 0 spiro atoms. The van der Waals surface area contributed by atoms with Crippen molar-refractivity contribution in [3.8, 4) is 11.5 Å². The first-order valence-electron chi connectivity index (χ1n) is 12.7. The molecule has 1 saturated heterocycles. The van der Waals surface area contributed by atoms with Crippen molar-refractivity contribution >= 4 is 18.4 Å². The number of pyridine rings is 1. The van der Waals surface area contributed by atoms with Gasteiger partial charge in [-0.3, -0.25) is 0 Å². The minimum Gasteiger partial charge on any atom is -0.497 e. The minimum absolute atomic E-state index is 0.0851. The predicted molar refractivity (Wildman–Crippen MR) is 146 cm³/mol. The molecule has 2 heterocycles. The number of halogens is 3. The molecule has 0 N–H and O–H groups in total. The maximum Gasteiger partial charge on any atom is 0.495 e. The van der Waals surface area contributed by atoms with E-state index in [-0.39, 0.29) is 11.2 Å². The van der Waals surface area contributed by atoms with Crippen LogP contribution in [0.5, 0.6) is 11.5 Å². The molecule has 0 unspecified atom stereocenters. The number of methoxy groups -OCH3 is 2. The lowest BCUT2D eigenvalue weighted by atomic mass is 9.75. The summed E-state index contributed by atoms with van der Waals surface area (Å²) in [6, 6.07) is 16.5. The van der Waals surface area contributed by atoms with E-state index in [1.54, 1.807) is 14.2 Å². The number of hydrogen-bond donors (Lipinski definition) is 0. The fraction of sp³-hybridized carbons (Fsp3) is 0.414. The highest BCUT2D eigenvalue weighted by molar-refractivity contribution is 6.62. The van der Waals surface area contributed by atoms with Crippen molar-refractivity contribution in [2.75, 3.05) is 19.1 Å². The van der Waals surface area contributed by atoms with Gasteiger partial charge >= 0.3 is 13.3 Å². The van der Waals surface area contributed by atoms with Gasteiger partial charge in [-0.1, -0.05) is 24.3 Å². The molecule has 10 heteroatoms. The Morgan fingerprint density at radius 1 is 0.821 bits per heavy atom. The highest BCUT2D eigenvalue weighted by atomic mass is 19.4. The first-order valence-corrected chi connectivity index (χ1v) is 12.7. The summed E-state index contributed by atoms with van der Waals surface area (Å²) in [4.78, 5) is 6.39. The zero-order valence-electron chi connectivity index (χ0n) is 23.3. The molecule has 0 bridgehead atoms. The number of rotatable bonds is 8. The number of aromatic nitrogens is 1. The summed E-state index contributed by atoms with van der Waals surface area (Å²) >= 11 is 0. The van der Waals surface area contributed by atoms with Gasteiger partial charge in [0.05, 0.1) is 36.7 Å². The quantitative estimate of drug-likeness (QED) is 0.329. The Labute approximate surface area is 228 Å². The van der Waals surface area contributed by atoms with E-state index in [0.717, 1.165) is 11.1 Å². The second-order valence-corrected chi connectivity index (χ2v) is 10.7. The van der Waals surface area contributed by atoms with Crippen LogP contribution in [0.15, 0.2) is 54.6 Å². The Balaban J connectivity index is 1.80. The fourth-order valence-electron chi connectivity index (χ4n) is 4.49. The van der Waals surface area contributed by atoms with Gasteiger partial charge in [-0.05, 0) is 76.1 Å². The summed E-state index contributed by atoms with van der Waals surface area (Å²) in [6.07, 6.45) is -4.63. The van der Waals surface area contributed by atoms with Crippen LogP contribution in [-0.2, 0) is 28.6 Å². The van der Waals surface area contributed by atoms with E-state index in [1.807, 2.05) is 81.1 Å². The van der Waals surface area contributed by atoms with Crippen molar-refractivity contribution in [1.29, 1.82) is 0 Å². The predicted octanol–water partition coefficient (Wildman–Crippen LogP) is 5.93. The number of benzene rings is 2. The van der Waals surface area contributed by atoms with Crippen molar-refractivity contribution < 1.29 is 32.0 Å². The Hall–Kier alpha value is -3.24. The molecule has 39 heavy (non-hydrogen) atoms. The smallest absolute Gasteiger partial charge is 0.495 e. The zero-order chi connectivity index (χ0) is 28.6. The van der Waals surface area contributed by atoms with Crippen molar-refractivity contribution in [2.24, 2.45) is 0 Å². The average molecular weight is 542 g/mol. The topological polar surface area (TPSA) is 53.1 Å². The second kappa shape index (κ2) is 10.7.